The highest BCUT2D eigenvalue weighted by molar-refractivity contribution is 5.96. The zero-order valence-electron chi connectivity index (χ0n) is 18.8. The molecule has 162 valence electrons. The van der Waals surface area contributed by atoms with Crippen LogP contribution in [-0.2, 0) is 6.42 Å². The summed E-state index contributed by atoms with van der Waals surface area (Å²) < 4.78 is 0. The molecule has 0 unspecified atom stereocenters. The molecule has 0 amide bonds. The molecular weight excluding hydrogens is 412 g/mol. The molecular formula is C32H24N2. The topological polar surface area (TPSA) is 19.0 Å². The number of aromatic nitrogens is 1. The molecule has 2 heterocycles. The SMILES string of the molecule is C1=Cc2[nH]c3ccc(-c4ccc5c(c4)N(c4ccccc4)c4ccccc4C=C5)cc3c2CC1. The van der Waals surface area contributed by atoms with Gasteiger partial charge in [-0.1, -0.05) is 72.8 Å². The Balaban J connectivity index is 1.42. The Hall–Kier alpha value is -4.30. The molecule has 0 spiro atoms. The number of allylic oxidation sites excluding steroid dienone is 1. The standard InChI is InChI=1S/C32H24N2/c1-2-9-26(10-3-1)34-31-13-7-4-8-22(31)14-15-23-16-17-25(21-32(23)34)24-18-19-30-28(20-24)27-11-5-6-12-29(27)33-30/h1-4,6-10,12-21,33H,5,11H2. The van der Waals surface area contributed by atoms with Crippen LogP contribution >= 0.6 is 0 Å². The second kappa shape index (κ2) is 7.64. The summed E-state index contributed by atoms with van der Waals surface area (Å²) in [6.07, 6.45) is 11.2. The van der Waals surface area contributed by atoms with Crippen molar-refractivity contribution in [2.24, 2.45) is 0 Å². The molecule has 0 atom stereocenters. The van der Waals surface area contributed by atoms with E-state index in [0.29, 0.717) is 0 Å². The van der Waals surface area contributed by atoms with Crippen LogP contribution in [0.1, 0.15) is 28.8 Å². The molecule has 1 aromatic heterocycles. The lowest BCUT2D eigenvalue weighted by molar-refractivity contribution is 0.992. The van der Waals surface area contributed by atoms with Gasteiger partial charge in [0.1, 0.15) is 0 Å². The van der Waals surface area contributed by atoms with E-state index in [2.05, 4.69) is 125 Å². The molecule has 0 fully saturated rings. The van der Waals surface area contributed by atoms with Crippen molar-refractivity contribution in [1.82, 2.24) is 4.98 Å². The molecule has 2 nitrogen and oxygen atoms in total. The maximum absolute atomic E-state index is 3.59. The van der Waals surface area contributed by atoms with Gasteiger partial charge in [0, 0.05) is 22.3 Å². The Bertz CT molecular complexity index is 1600. The van der Waals surface area contributed by atoms with E-state index in [-0.39, 0.29) is 0 Å². The molecule has 7 rings (SSSR count). The Morgan fingerprint density at radius 1 is 0.647 bits per heavy atom. The van der Waals surface area contributed by atoms with Gasteiger partial charge in [-0.3, -0.25) is 0 Å². The van der Waals surface area contributed by atoms with Crippen LogP contribution in [0.5, 0.6) is 0 Å². The fraction of sp³-hybridized carbons (Fsp3) is 0.0625. The van der Waals surface area contributed by atoms with Gasteiger partial charge in [-0.05, 0) is 83.1 Å². The van der Waals surface area contributed by atoms with E-state index in [0.717, 1.165) is 12.8 Å². The first kappa shape index (κ1) is 19.2. The monoisotopic (exact) mass is 436 g/mol. The van der Waals surface area contributed by atoms with Crippen LogP contribution in [0.15, 0.2) is 97.1 Å². The van der Waals surface area contributed by atoms with Crippen LogP contribution in [0.3, 0.4) is 0 Å². The lowest BCUT2D eigenvalue weighted by Crippen LogP contribution is -2.11. The number of fused-ring (bicyclic) bond motifs is 5. The van der Waals surface area contributed by atoms with Gasteiger partial charge in [-0.2, -0.15) is 0 Å². The summed E-state index contributed by atoms with van der Waals surface area (Å²) in [6, 6.07) is 33.0. The van der Waals surface area contributed by atoms with E-state index in [1.807, 2.05) is 0 Å². The quantitative estimate of drug-likeness (QED) is 0.287. The Labute approximate surface area is 199 Å². The van der Waals surface area contributed by atoms with Gasteiger partial charge >= 0.3 is 0 Å². The number of aryl methyl sites for hydroxylation is 1. The number of rotatable bonds is 2. The van der Waals surface area contributed by atoms with Crippen molar-refractivity contribution in [3.8, 4) is 11.1 Å². The normalized spacial score (nSPS) is 13.9. The Kier molecular flexibility index (Phi) is 4.31. The van der Waals surface area contributed by atoms with E-state index in [1.165, 1.54) is 61.5 Å². The van der Waals surface area contributed by atoms with E-state index in [4.69, 9.17) is 0 Å². The van der Waals surface area contributed by atoms with E-state index in [1.54, 1.807) is 0 Å². The highest BCUT2D eigenvalue weighted by Gasteiger charge is 2.20. The van der Waals surface area contributed by atoms with Crippen molar-refractivity contribution < 1.29 is 0 Å². The number of hydrogen-bond acceptors (Lipinski definition) is 1. The average molecular weight is 437 g/mol. The summed E-state index contributed by atoms with van der Waals surface area (Å²) in [6.45, 7) is 0. The van der Waals surface area contributed by atoms with Gasteiger partial charge < -0.3 is 9.88 Å². The summed E-state index contributed by atoms with van der Waals surface area (Å²) in [5.74, 6) is 0. The number of aromatic amines is 1. The van der Waals surface area contributed by atoms with Gasteiger partial charge in [-0.25, -0.2) is 0 Å². The number of nitrogens with one attached hydrogen (secondary N) is 1. The summed E-state index contributed by atoms with van der Waals surface area (Å²) in [4.78, 5) is 5.97. The number of hydrogen-bond donors (Lipinski definition) is 1. The zero-order valence-corrected chi connectivity index (χ0v) is 18.8. The fourth-order valence-corrected chi connectivity index (χ4v) is 5.34. The first-order chi connectivity index (χ1) is 16.8. The van der Waals surface area contributed by atoms with Crippen molar-refractivity contribution >= 4 is 46.2 Å². The molecule has 0 radical (unpaired) electrons. The number of H-pyrrole nitrogens is 1. The molecule has 5 aromatic rings. The minimum absolute atomic E-state index is 1.10. The molecule has 0 bridgehead atoms. The molecule has 4 aromatic carbocycles. The minimum Gasteiger partial charge on any atom is -0.355 e. The van der Waals surface area contributed by atoms with Crippen LogP contribution < -0.4 is 4.90 Å². The highest BCUT2D eigenvalue weighted by atomic mass is 15.1. The third-order valence-corrected chi connectivity index (χ3v) is 7.02. The molecule has 1 N–H and O–H groups in total. The molecule has 2 heteroatoms. The van der Waals surface area contributed by atoms with Crippen molar-refractivity contribution in [3.63, 3.8) is 0 Å². The Morgan fingerprint density at radius 2 is 1.41 bits per heavy atom. The predicted molar refractivity (Wildman–Crippen MR) is 145 cm³/mol. The van der Waals surface area contributed by atoms with Crippen LogP contribution in [-0.4, -0.2) is 4.98 Å². The average Bonchev–Trinajstić information content (AvgIpc) is 3.18. The van der Waals surface area contributed by atoms with E-state index < -0.39 is 0 Å². The largest absolute Gasteiger partial charge is 0.355 e. The lowest BCUT2D eigenvalue weighted by atomic mass is 9.96. The second-order valence-electron chi connectivity index (χ2n) is 9.06. The Morgan fingerprint density at radius 3 is 2.32 bits per heavy atom. The molecule has 34 heavy (non-hydrogen) atoms. The second-order valence-corrected chi connectivity index (χ2v) is 9.06. The maximum Gasteiger partial charge on any atom is 0.0540 e. The van der Waals surface area contributed by atoms with Gasteiger partial charge in [0.15, 0.2) is 0 Å². The first-order valence-electron chi connectivity index (χ1n) is 11.9. The molecule has 1 aliphatic heterocycles. The van der Waals surface area contributed by atoms with Crippen LogP contribution in [0, 0.1) is 0 Å². The molecule has 0 saturated carbocycles. The third-order valence-electron chi connectivity index (χ3n) is 7.02. The van der Waals surface area contributed by atoms with Crippen LogP contribution in [0.25, 0.3) is 40.3 Å². The van der Waals surface area contributed by atoms with E-state index in [9.17, 15) is 0 Å². The number of anilines is 3. The van der Waals surface area contributed by atoms with Crippen LogP contribution in [0.4, 0.5) is 17.1 Å². The summed E-state index contributed by atoms with van der Waals surface area (Å²) >= 11 is 0. The molecule has 2 aliphatic rings. The smallest absolute Gasteiger partial charge is 0.0540 e. The van der Waals surface area contributed by atoms with Gasteiger partial charge in [-0.15, -0.1) is 0 Å². The lowest BCUT2D eigenvalue weighted by Gasteiger charge is -2.27. The maximum atomic E-state index is 3.59. The van der Waals surface area contributed by atoms with Gasteiger partial charge in [0.05, 0.1) is 11.4 Å². The zero-order chi connectivity index (χ0) is 22.5. The van der Waals surface area contributed by atoms with Gasteiger partial charge in [0.2, 0.25) is 0 Å². The first-order valence-corrected chi connectivity index (χ1v) is 11.9. The predicted octanol–water partition coefficient (Wildman–Crippen LogP) is 8.75. The summed E-state index contributed by atoms with van der Waals surface area (Å²) in [7, 11) is 0. The van der Waals surface area contributed by atoms with Crippen molar-refractivity contribution in [1.29, 1.82) is 0 Å². The van der Waals surface area contributed by atoms with Crippen molar-refractivity contribution in [3.05, 3.63) is 119 Å². The number of nitrogens with zero attached hydrogens (tertiary/aromatic N) is 1. The van der Waals surface area contributed by atoms with Gasteiger partial charge in [0.25, 0.3) is 0 Å². The van der Waals surface area contributed by atoms with E-state index >= 15 is 0 Å². The minimum atomic E-state index is 1.10. The highest BCUT2D eigenvalue weighted by Crippen LogP contribution is 2.43. The summed E-state index contributed by atoms with van der Waals surface area (Å²) in [5.41, 5.74) is 12.4. The molecule has 0 saturated heterocycles. The number of para-hydroxylation sites is 2. The summed E-state index contributed by atoms with van der Waals surface area (Å²) in [5, 5.41) is 1.34. The molecule has 1 aliphatic carbocycles. The number of benzene rings is 4. The van der Waals surface area contributed by atoms with Crippen molar-refractivity contribution in [2.75, 3.05) is 4.90 Å². The van der Waals surface area contributed by atoms with Crippen molar-refractivity contribution in [2.45, 2.75) is 12.8 Å². The van der Waals surface area contributed by atoms with Crippen LogP contribution in [0.2, 0.25) is 0 Å². The third kappa shape index (κ3) is 3.03. The fourth-order valence-electron chi connectivity index (χ4n) is 5.34.